The van der Waals surface area contributed by atoms with Crippen molar-refractivity contribution in [2.45, 2.75) is 25.4 Å². The van der Waals surface area contributed by atoms with Crippen LogP contribution in [0.15, 0.2) is 18.2 Å². The monoisotopic (exact) mass is 303 g/mol. The number of likely N-dealkylation sites (tertiary alicyclic amines) is 1. The van der Waals surface area contributed by atoms with Gasteiger partial charge in [0.1, 0.15) is 0 Å². The minimum atomic E-state index is -0.263. The predicted octanol–water partition coefficient (Wildman–Crippen LogP) is 0.0370. The first kappa shape index (κ1) is 14.5. The molecule has 0 bridgehead atoms. The first-order valence-corrected chi connectivity index (χ1v) is 7.34. The number of nitrogens with one attached hydrogen (secondary N) is 1. The molecule has 1 saturated heterocycles. The first-order chi connectivity index (χ1) is 10.6. The molecule has 0 aliphatic carbocycles. The van der Waals surface area contributed by atoms with Crippen molar-refractivity contribution >= 4 is 24.0 Å². The van der Waals surface area contributed by atoms with E-state index in [4.69, 9.17) is 0 Å². The summed E-state index contributed by atoms with van der Waals surface area (Å²) in [6.07, 6.45) is 2.44. The van der Waals surface area contributed by atoms with Gasteiger partial charge in [0, 0.05) is 31.4 Å². The molecule has 2 aliphatic heterocycles. The molecule has 2 heterocycles. The molecule has 0 aromatic heterocycles. The fraction of sp³-hybridized carbons (Fsp3) is 0.400. The minimum absolute atomic E-state index is 0.138. The van der Waals surface area contributed by atoms with Gasteiger partial charge in [-0.25, -0.2) is 9.59 Å². The second-order valence-corrected chi connectivity index (χ2v) is 5.73. The van der Waals surface area contributed by atoms with E-state index in [1.807, 2.05) is 11.0 Å². The number of hydrogen-bond acceptors (Lipinski definition) is 3. The van der Waals surface area contributed by atoms with Gasteiger partial charge in [-0.1, -0.05) is 6.07 Å². The Morgan fingerprint density at radius 1 is 1.32 bits per heavy atom. The molecule has 0 spiro atoms. The van der Waals surface area contributed by atoms with Gasteiger partial charge in [-0.3, -0.25) is 10.5 Å². The van der Waals surface area contributed by atoms with Crippen molar-refractivity contribution in [2.75, 3.05) is 18.4 Å². The minimum Gasteiger partial charge on any atom is -0.345 e. The lowest BCUT2D eigenvalue weighted by atomic mass is 10.0. The molecule has 0 radical (unpaired) electrons. The van der Waals surface area contributed by atoms with Gasteiger partial charge in [0.05, 0.1) is 5.56 Å². The first-order valence-electron chi connectivity index (χ1n) is 7.34. The van der Waals surface area contributed by atoms with Gasteiger partial charge in [-0.15, -0.1) is 0 Å². The van der Waals surface area contributed by atoms with Gasteiger partial charge in [0.15, 0.2) is 0 Å². The summed E-state index contributed by atoms with van der Waals surface area (Å²) in [5.74, 6) is -0.263. The van der Waals surface area contributed by atoms with Crippen molar-refractivity contribution in [1.82, 2.24) is 9.80 Å². The Hall–Kier alpha value is -2.41. The van der Waals surface area contributed by atoms with Crippen molar-refractivity contribution in [1.29, 1.82) is 0 Å². The Morgan fingerprint density at radius 3 is 2.68 bits per heavy atom. The molecule has 1 aromatic rings. The molecule has 7 nitrogen and oxygen atoms in total. The molecule has 3 rings (SSSR count). The number of benzene rings is 1. The quantitative estimate of drug-likeness (QED) is 0.771. The molecule has 4 N–H and O–H groups in total. The molecule has 0 saturated carbocycles. The second-order valence-electron chi connectivity index (χ2n) is 5.73. The highest BCUT2D eigenvalue weighted by Gasteiger charge is 2.31. The highest BCUT2D eigenvalue weighted by atomic mass is 16.2. The number of quaternary nitrogens is 1. The fourth-order valence-corrected chi connectivity index (χ4v) is 3.04. The topological polar surface area (TPSA) is 97.4 Å². The highest BCUT2D eigenvalue weighted by molar-refractivity contribution is 5.95. The summed E-state index contributed by atoms with van der Waals surface area (Å²) in [6.45, 7) is 1.89. The van der Waals surface area contributed by atoms with Gasteiger partial charge in [0.25, 0.3) is 0 Å². The van der Waals surface area contributed by atoms with Crippen molar-refractivity contribution in [3.05, 3.63) is 29.3 Å². The highest BCUT2D eigenvalue weighted by Crippen LogP contribution is 2.28. The van der Waals surface area contributed by atoms with E-state index in [1.165, 1.54) is 0 Å². The van der Waals surface area contributed by atoms with Crippen LogP contribution in [0.3, 0.4) is 0 Å². The molecule has 22 heavy (non-hydrogen) atoms. The average Bonchev–Trinajstić information content (AvgIpc) is 2.53. The van der Waals surface area contributed by atoms with E-state index in [0.717, 1.165) is 24.8 Å². The van der Waals surface area contributed by atoms with E-state index >= 15 is 0 Å². The van der Waals surface area contributed by atoms with Crippen LogP contribution in [0.5, 0.6) is 0 Å². The molecular weight excluding hydrogens is 284 g/mol. The Bertz CT molecular complexity index is 623. The molecule has 1 fully saturated rings. The van der Waals surface area contributed by atoms with Crippen molar-refractivity contribution < 1.29 is 20.1 Å². The van der Waals surface area contributed by atoms with E-state index in [9.17, 15) is 14.4 Å². The third-order valence-electron chi connectivity index (χ3n) is 4.36. The number of hydrogen-bond donors (Lipinski definition) is 2. The van der Waals surface area contributed by atoms with Crippen LogP contribution in [-0.2, 0) is 11.3 Å². The van der Waals surface area contributed by atoms with E-state index in [-0.39, 0.29) is 18.0 Å². The lowest BCUT2D eigenvalue weighted by molar-refractivity contribution is -0.255. The van der Waals surface area contributed by atoms with Crippen LogP contribution < -0.4 is 11.1 Å². The zero-order chi connectivity index (χ0) is 15.7. The number of carbonyl (C=O) groups excluding carboxylic acids is 3. The van der Waals surface area contributed by atoms with Crippen LogP contribution in [0, 0.1) is 0 Å². The summed E-state index contributed by atoms with van der Waals surface area (Å²) in [5.41, 5.74) is 5.55. The van der Waals surface area contributed by atoms with E-state index in [2.05, 4.69) is 11.1 Å². The Morgan fingerprint density at radius 2 is 2.05 bits per heavy atom. The SMILES string of the molecule is [NH3+]C(=O)c1ccc2c(c1)NC(=O)N(C1CCN(C=O)CC1)C2. The lowest BCUT2D eigenvalue weighted by Gasteiger charge is -2.39. The van der Waals surface area contributed by atoms with E-state index in [1.54, 1.807) is 17.0 Å². The maximum absolute atomic E-state index is 12.3. The van der Waals surface area contributed by atoms with Gasteiger partial charge in [-0.05, 0) is 30.5 Å². The summed E-state index contributed by atoms with van der Waals surface area (Å²) >= 11 is 0. The Balaban J connectivity index is 1.76. The molecule has 116 valence electrons. The van der Waals surface area contributed by atoms with Crippen molar-refractivity contribution in [3.8, 4) is 0 Å². The number of rotatable bonds is 3. The third-order valence-corrected chi connectivity index (χ3v) is 4.36. The maximum atomic E-state index is 12.3. The van der Waals surface area contributed by atoms with Crippen LogP contribution >= 0.6 is 0 Å². The van der Waals surface area contributed by atoms with E-state index < -0.39 is 0 Å². The van der Waals surface area contributed by atoms with Crippen molar-refractivity contribution in [2.24, 2.45) is 0 Å². The number of piperidine rings is 1. The summed E-state index contributed by atoms with van der Waals surface area (Å²) < 4.78 is 0. The second kappa shape index (κ2) is 5.76. The summed E-state index contributed by atoms with van der Waals surface area (Å²) in [4.78, 5) is 37.9. The number of nitrogens with zero attached hydrogens (tertiary/aromatic N) is 2. The van der Waals surface area contributed by atoms with Gasteiger partial charge in [0.2, 0.25) is 6.41 Å². The zero-order valence-corrected chi connectivity index (χ0v) is 12.2. The van der Waals surface area contributed by atoms with E-state index in [0.29, 0.717) is 30.9 Å². The van der Waals surface area contributed by atoms with Crippen LogP contribution in [-0.4, -0.2) is 47.3 Å². The molecule has 7 heteroatoms. The number of anilines is 1. The summed E-state index contributed by atoms with van der Waals surface area (Å²) in [6, 6.07) is 5.26. The lowest BCUT2D eigenvalue weighted by Crippen LogP contribution is -2.56. The average molecular weight is 303 g/mol. The maximum Gasteiger partial charge on any atom is 0.341 e. The van der Waals surface area contributed by atoms with Crippen LogP contribution in [0.4, 0.5) is 10.5 Å². The predicted molar refractivity (Wildman–Crippen MR) is 78.9 cm³/mol. The molecule has 2 aliphatic rings. The van der Waals surface area contributed by atoms with Gasteiger partial charge in [-0.2, -0.15) is 0 Å². The largest absolute Gasteiger partial charge is 0.345 e. The zero-order valence-electron chi connectivity index (χ0n) is 12.2. The number of carbonyl (C=O) groups is 3. The Kier molecular flexibility index (Phi) is 3.81. The molecular formula is C15H19N4O3+. The Labute approximate surface area is 128 Å². The molecule has 0 unspecified atom stereocenters. The number of urea groups is 1. The molecule has 0 atom stereocenters. The van der Waals surface area contributed by atoms with Gasteiger partial charge < -0.3 is 15.1 Å². The van der Waals surface area contributed by atoms with Crippen LogP contribution in [0.2, 0.25) is 0 Å². The van der Waals surface area contributed by atoms with Crippen molar-refractivity contribution in [3.63, 3.8) is 0 Å². The number of amides is 4. The molecule has 1 aromatic carbocycles. The number of fused-ring (bicyclic) bond motifs is 1. The fourth-order valence-electron chi connectivity index (χ4n) is 3.04. The summed E-state index contributed by atoms with van der Waals surface area (Å²) in [5, 5.41) is 2.85. The normalized spacial score (nSPS) is 18.7. The smallest absolute Gasteiger partial charge is 0.341 e. The van der Waals surface area contributed by atoms with Gasteiger partial charge >= 0.3 is 11.9 Å². The van der Waals surface area contributed by atoms with Crippen LogP contribution in [0.1, 0.15) is 28.8 Å². The summed E-state index contributed by atoms with van der Waals surface area (Å²) in [7, 11) is 0. The standard InChI is InChI=1S/C15H18N4O3/c16-14(21)10-1-2-11-8-19(15(22)17-13(11)7-10)12-3-5-18(9-20)6-4-12/h1-2,7,9,12H,3-6,8H2,(H2,16,21)(H,17,22)/p+1. The van der Waals surface area contributed by atoms with Crippen LogP contribution in [0.25, 0.3) is 0 Å². The molecule has 4 amide bonds. The third kappa shape index (κ3) is 2.67.